The van der Waals surface area contributed by atoms with Crippen LogP contribution in [0.5, 0.6) is 0 Å². The molecule has 0 unspecified atom stereocenters. The number of hydroxylamine groups is 3. The Balaban J connectivity index is 1.93. The number of likely N-dealkylation sites (tertiary alicyclic amines) is 1. The van der Waals surface area contributed by atoms with E-state index in [1.54, 1.807) is 7.05 Å². The molecule has 116 valence electrons. The van der Waals surface area contributed by atoms with Gasteiger partial charge in [-0.1, -0.05) is 66.3 Å². The molecule has 0 amide bonds. The summed E-state index contributed by atoms with van der Waals surface area (Å²) in [6, 6.07) is 17.2. The van der Waals surface area contributed by atoms with Gasteiger partial charge >= 0.3 is 0 Å². The standard InChI is InChI=1S/C21H21NO/c1-22(23)14-12-18(13-15-22)21-19-8-4-2-6-16(19)10-11-17-7-3-5-9-20(17)21/h2-11H,12-15H2,1H3. The summed E-state index contributed by atoms with van der Waals surface area (Å²) in [6.45, 7) is 1.35. The first-order valence-corrected chi connectivity index (χ1v) is 8.28. The highest BCUT2D eigenvalue weighted by molar-refractivity contribution is 5.94. The van der Waals surface area contributed by atoms with Crippen LogP contribution >= 0.6 is 0 Å². The SMILES string of the molecule is C[N+]1([O-])CCC(=C2c3ccccc3C=Cc3ccccc32)CC1. The Morgan fingerprint density at radius 2 is 1.26 bits per heavy atom. The minimum atomic E-state index is -0.113. The summed E-state index contributed by atoms with van der Waals surface area (Å²) in [4.78, 5) is 0. The van der Waals surface area contributed by atoms with Gasteiger partial charge in [-0.2, -0.15) is 0 Å². The number of benzene rings is 2. The predicted molar refractivity (Wildman–Crippen MR) is 96.4 cm³/mol. The molecule has 0 spiro atoms. The fraction of sp³-hybridized carbons (Fsp3) is 0.238. The molecule has 2 aromatic carbocycles. The van der Waals surface area contributed by atoms with Gasteiger partial charge in [0.05, 0.1) is 20.1 Å². The van der Waals surface area contributed by atoms with E-state index in [-0.39, 0.29) is 4.65 Å². The zero-order chi connectivity index (χ0) is 15.9. The Kier molecular flexibility index (Phi) is 3.44. The van der Waals surface area contributed by atoms with Crippen molar-refractivity contribution in [1.29, 1.82) is 0 Å². The van der Waals surface area contributed by atoms with Crippen molar-refractivity contribution in [3.8, 4) is 0 Å². The largest absolute Gasteiger partial charge is 0.633 e. The lowest BCUT2D eigenvalue weighted by Crippen LogP contribution is -2.42. The van der Waals surface area contributed by atoms with Crippen molar-refractivity contribution < 1.29 is 4.65 Å². The lowest BCUT2D eigenvalue weighted by Gasteiger charge is -2.43. The number of nitrogens with zero attached hydrogens (tertiary/aromatic N) is 1. The maximum atomic E-state index is 12.2. The van der Waals surface area contributed by atoms with Gasteiger partial charge in [-0.3, -0.25) is 0 Å². The summed E-state index contributed by atoms with van der Waals surface area (Å²) in [5.41, 5.74) is 7.89. The number of hydrogen-bond donors (Lipinski definition) is 0. The van der Waals surface area contributed by atoms with Gasteiger partial charge in [-0.15, -0.1) is 0 Å². The Bertz CT molecular complexity index is 751. The second-order valence-corrected chi connectivity index (χ2v) is 6.73. The number of hydrogen-bond acceptors (Lipinski definition) is 1. The van der Waals surface area contributed by atoms with Gasteiger partial charge in [0.2, 0.25) is 0 Å². The molecule has 23 heavy (non-hydrogen) atoms. The van der Waals surface area contributed by atoms with E-state index in [0.29, 0.717) is 13.1 Å². The first-order chi connectivity index (χ1) is 11.1. The van der Waals surface area contributed by atoms with Crippen LogP contribution in [0.3, 0.4) is 0 Å². The van der Waals surface area contributed by atoms with Crippen LogP contribution in [0.2, 0.25) is 0 Å². The second kappa shape index (κ2) is 5.48. The van der Waals surface area contributed by atoms with E-state index in [1.165, 1.54) is 33.4 Å². The van der Waals surface area contributed by atoms with Crippen LogP contribution in [-0.4, -0.2) is 24.8 Å². The predicted octanol–water partition coefficient (Wildman–Crippen LogP) is 4.71. The number of piperidine rings is 1. The maximum Gasteiger partial charge on any atom is 0.0820 e. The first kappa shape index (κ1) is 14.4. The van der Waals surface area contributed by atoms with E-state index < -0.39 is 0 Å². The van der Waals surface area contributed by atoms with Gasteiger partial charge in [-0.25, -0.2) is 0 Å². The molecule has 0 saturated carbocycles. The smallest absolute Gasteiger partial charge is 0.0820 e. The molecule has 1 heterocycles. The van der Waals surface area contributed by atoms with Crippen LogP contribution in [0.15, 0.2) is 54.1 Å². The average Bonchev–Trinajstić information content (AvgIpc) is 2.72. The molecule has 4 rings (SSSR count). The summed E-state index contributed by atoms with van der Waals surface area (Å²) in [5, 5.41) is 12.2. The van der Waals surface area contributed by atoms with Crippen molar-refractivity contribution in [3.05, 3.63) is 81.6 Å². The monoisotopic (exact) mass is 303 g/mol. The number of quaternary nitrogens is 1. The molecule has 1 aliphatic carbocycles. The molecule has 1 aliphatic heterocycles. The molecule has 1 saturated heterocycles. The molecule has 1 fully saturated rings. The third-order valence-corrected chi connectivity index (χ3v) is 5.03. The molecule has 0 radical (unpaired) electrons. The molecule has 0 atom stereocenters. The lowest BCUT2D eigenvalue weighted by molar-refractivity contribution is -0.863. The third-order valence-electron chi connectivity index (χ3n) is 5.03. The van der Waals surface area contributed by atoms with Crippen LogP contribution in [0, 0.1) is 5.21 Å². The van der Waals surface area contributed by atoms with E-state index in [2.05, 4.69) is 60.7 Å². The number of rotatable bonds is 0. The van der Waals surface area contributed by atoms with Crippen molar-refractivity contribution in [1.82, 2.24) is 0 Å². The minimum Gasteiger partial charge on any atom is -0.633 e. The highest BCUT2D eigenvalue weighted by Gasteiger charge is 2.24. The Labute approximate surface area is 137 Å². The Morgan fingerprint density at radius 3 is 1.78 bits per heavy atom. The van der Waals surface area contributed by atoms with Gasteiger partial charge in [0.1, 0.15) is 0 Å². The summed E-state index contributed by atoms with van der Waals surface area (Å²) < 4.78 is -0.113. The van der Waals surface area contributed by atoms with Crippen molar-refractivity contribution in [3.63, 3.8) is 0 Å². The fourth-order valence-electron chi connectivity index (χ4n) is 3.68. The lowest BCUT2D eigenvalue weighted by atomic mass is 9.86. The van der Waals surface area contributed by atoms with E-state index in [9.17, 15) is 5.21 Å². The summed E-state index contributed by atoms with van der Waals surface area (Å²) in [7, 11) is 1.79. The molecule has 2 aromatic rings. The molecule has 2 aliphatic rings. The fourth-order valence-corrected chi connectivity index (χ4v) is 3.68. The van der Waals surface area contributed by atoms with Crippen molar-refractivity contribution in [2.75, 3.05) is 20.1 Å². The summed E-state index contributed by atoms with van der Waals surface area (Å²) in [6.07, 6.45) is 6.19. The van der Waals surface area contributed by atoms with Crippen LogP contribution in [0.4, 0.5) is 0 Å². The number of fused-ring (bicyclic) bond motifs is 2. The molecular weight excluding hydrogens is 282 g/mol. The molecule has 0 bridgehead atoms. The third kappa shape index (κ3) is 2.65. The zero-order valence-electron chi connectivity index (χ0n) is 13.5. The van der Waals surface area contributed by atoms with E-state index >= 15 is 0 Å². The van der Waals surface area contributed by atoms with Gasteiger partial charge in [0.25, 0.3) is 0 Å². The summed E-state index contributed by atoms with van der Waals surface area (Å²) in [5.74, 6) is 0. The van der Waals surface area contributed by atoms with Gasteiger partial charge in [-0.05, 0) is 27.8 Å². The van der Waals surface area contributed by atoms with Crippen molar-refractivity contribution in [2.24, 2.45) is 0 Å². The molecule has 0 aromatic heterocycles. The molecule has 2 nitrogen and oxygen atoms in total. The van der Waals surface area contributed by atoms with E-state index in [1.807, 2.05) is 0 Å². The van der Waals surface area contributed by atoms with Crippen LogP contribution < -0.4 is 0 Å². The normalized spacial score (nSPS) is 23.2. The summed E-state index contributed by atoms with van der Waals surface area (Å²) >= 11 is 0. The van der Waals surface area contributed by atoms with Gasteiger partial charge < -0.3 is 9.85 Å². The van der Waals surface area contributed by atoms with Crippen LogP contribution in [0.25, 0.3) is 17.7 Å². The van der Waals surface area contributed by atoms with E-state index in [0.717, 1.165) is 12.8 Å². The zero-order valence-corrected chi connectivity index (χ0v) is 13.5. The highest BCUT2D eigenvalue weighted by atomic mass is 16.5. The van der Waals surface area contributed by atoms with Gasteiger partial charge in [0, 0.05) is 12.8 Å². The average molecular weight is 303 g/mol. The van der Waals surface area contributed by atoms with Crippen LogP contribution in [0.1, 0.15) is 35.1 Å². The second-order valence-electron chi connectivity index (χ2n) is 6.73. The first-order valence-electron chi connectivity index (χ1n) is 8.28. The van der Waals surface area contributed by atoms with Gasteiger partial charge in [0.15, 0.2) is 0 Å². The van der Waals surface area contributed by atoms with Crippen molar-refractivity contribution in [2.45, 2.75) is 12.8 Å². The molecule has 0 N–H and O–H groups in total. The van der Waals surface area contributed by atoms with Crippen LogP contribution in [-0.2, 0) is 0 Å². The van der Waals surface area contributed by atoms with E-state index in [4.69, 9.17) is 0 Å². The minimum absolute atomic E-state index is 0.113. The maximum absolute atomic E-state index is 12.2. The Hall–Kier alpha value is -2.16. The molecular formula is C21H21NO. The quantitative estimate of drug-likeness (QED) is 0.435. The Morgan fingerprint density at radius 1 is 0.783 bits per heavy atom. The molecule has 2 heteroatoms. The van der Waals surface area contributed by atoms with Crippen molar-refractivity contribution >= 4 is 17.7 Å². The topological polar surface area (TPSA) is 23.1 Å². The highest BCUT2D eigenvalue weighted by Crippen LogP contribution is 2.39.